The summed E-state index contributed by atoms with van der Waals surface area (Å²) in [5.41, 5.74) is 3.78. The number of halogens is 3. The molecule has 0 bridgehead atoms. The molecule has 1 aromatic carbocycles. The lowest BCUT2D eigenvalue weighted by atomic mass is 9.78. The molecule has 1 amide bonds. The predicted molar refractivity (Wildman–Crippen MR) is 169 cm³/mol. The number of likely N-dealkylation sites (tertiary alicyclic amines) is 1. The topological polar surface area (TPSA) is 89.5 Å². The van der Waals surface area contributed by atoms with Gasteiger partial charge in [0.1, 0.15) is 11.6 Å². The van der Waals surface area contributed by atoms with Crippen molar-refractivity contribution in [3.8, 4) is 0 Å². The van der Waals surface area contributed by atoms with Gasteiger partial charge in [-0.3, -0.25) is 9.69 Å². The van der Waals surface area contributed by atoms with Crippen molar-refractivity contribution in [2.45, 2.75) is 70.6 Å². The second-order valence-corrected chi connectivity index (χ2v) is 12.9. The normalized spacial score (nSPS) is 19.7. The summed E-state index contributed by atoms with van der Waals surface area (Å²) in [7, 11) is 2.08. The zero-order chi connectivity index (χ0) is 31.9. The molecule has 240 valence electrons. The van der Waals surface area contributed by atoms with Crippen molar-refractivity contribution in [2.75, 3.05) is 54.9 Å². The summed E-state index contributed by atoms with van der Waals surface area (Å²) in [5.74, 6) is -0.0549. The minimum atomic E-state index is -4.55. The molecule has 0 spiro atoms. The van der Waals surface area contributed by atoms with Crippen LogP contribution in [-0.4, -0.2) is 71.6 Å². The molecule has 0 aliphatic carbocycles. The Morgan fingerprint density at radius 3 is 2.73 bits per heavy atom. The van der Waals surface area contributed by atoms with Gasteiger partial charge in [-0.25, -0.2) is 15.0 Å². The van der Waals surface area contributed by atoms with Gasteiger partial charge in [-0.05, 0) is 74.0 Å². The second-order valence-electron chi connectivity index (χ2n) is 12.9. The van der Waals surface area contributed by atoms with Crippen LogP contribution in [0.25, 0.3) is 0 Å². The third-order valence-electron chi connectivity index (χ3n) is 9.54. The van der Waals surface area contributed by atoms with Crippen molar-refractivity contribution in [1.82, 2.24) is 25.2 Å². The van der Waals surface area contributed by atoms with Gasteiger partial charge in [0, 0.05) is 55.9 Å². The number of hydrogen-bond donors (Lipinski definition) is 2. The molecule has 1 fully saturated rings. The van der Waals surface area contributed by atoms with E-state index in [0.29, 0.717) is 31.0 Å². The van der Waals surface area contributed by atoms with Crippen LogP contribution in [0.4, 0.5) is 36.2 Å². The van der Waals surface area contributed by atoms with E-state index in [1.165, 1.54) is 17.8 Å². The maximum absolute atomic E-state index is 13.9. The molecule has 12 heteroatoms. The first-order valence-corrected chi connectivity index (χ1v) is 15.8. The van der Waals surface area contributed by atoms with E-state index in [4.69, 9.17) is 4.98 Å². The molecule has 45 heavy (non-hydrogen) atoms. The summed E-state index contributed by atoms with van der Waals surface area (Å²) < 4.78 is 41.6. The summed E-state index contributed by atoms with van der Waals surface area (Å²) in [6.07, 6.45) is 0.362. The highest BCUT2D eigenvalue weighted by atomic mass is 19.4. The SMILES string of the molecule is CCN1CCCC1CNC(=O)c1nc2c(c(Nc3ccc4c(c3)N(C)CCC4(C)C)n1)CCN(c1ncccc1C(F)(F)F)C2. The van der Waals surface area contributed by atoms with Crippen molar-refractivity contribution in [3.05, 3.63) is 64.7 Å². The number of likely N-dealkylation sites (N-methyl/N-ethyl adjacent to an activating group) is 1. The maximum Gasteiger partial charge on any atom is 0.419 e. The highest BCUT2D eigenvalue weighted by molar-refractivity contribution is 5.91. The first-order valence-electron chi connectivity index (χ1n) is 15.8. The van der Waals surface area contributed by atoms with Crippen LogP contribution in [-0.2, 0) is 24.6 Å². The fourth-order valence-electron chi connectivity index (χ4n) is 6.86. The quantitative estimate of drug-likeness (QED) is 0.356. The summed E-state index contributed by atoms with van der Waals surface area (Å²) in [6.45, 7) is 10.3. The zero-order valence-corrected chi connectivity index (χ0v) is 26.3. The van der Waals surface area contributed by atoms with Crippen molar-refractivity contribution in [2.24, 2.45) is 0 Å². The summed E-state index contributed by atoms with van der Waals surface area (Å²) in [5, 5.41) is 6.46. The number of nitrogens with zero attached hydrogens (tertiary/aromatic N) is 6. The van der Waals surface area contributed by atoms with Gasteiger partial charge in [-0.1, -0.05) is 26.8 Å². The Morgan fingerprint density at radius 2 is 1.96 bits per heavy atom. The Morgan fingerprint density at radius 1 is 1.13 bits per heavy atom. The largest absolute Gasteiger partial charge is 0.419 e. The highest BCUT2D eigenvalue weighted by Gasteiger charge is 2.37. The van der Waals surface area contributed by atoms with Crippen LogP contribution >= 0.6 is 0 Å². The number of nitrogens with one attached hydrogen (secondary N) is 2. The van der Waals surface area contributed by atoms with E-state index in [0.717, 1.165) is 61.9 Å². The van der Waals surface area contributed by atoms with Crippen molar-refractivity contribution in [3.63, 3.8) is 0 Å². The first kappa shape index (κ1) is 31.1. The van der Waals surface area contributed by atoms with E-state index in [-0.39, 0.29) is 29.6 Å². The number of rotatable bonds is 7. The molecule has 2 aromatic heterocycles. The van der Waals surface area contributed by atoms with E-state index >= 15 is 0 Å². The lowest BCUT2D eigenvalue weighted by Crippen LogP contribution is -2.41. The first-order chi connectivity index (χ1) is 21.4. The molecule has 1 atom stereocenters. The fourth-order valence-corrected chi connectivity index (χ4v) is 6.86. The van der Waals surface area contributed by atoms with Gasteiger partial charge in [-0.2, -0.15) is 13.2 Å². The Labute approximate surface area is 262 Å². The van der Waals surface area contributed by atoms with Gasteiger partial charge in [-0.15, -0.1) is 0 Å². The average molecular weight is 623 g/mol. The highest BCUT2D eigenvalue weighted by Crippen LogP contribution is 2.41. The standard InChI is InChI=1S/C33H41F3N8O/c1-5-43-15-7-8-22(43)19-38-31(45)29-40-26-20-44(30-25(33(34,35)36)9-6-14-37-30)16-12-23(26)28(41-29)39-21-10-11-24-27(18-21)42(4)17-13-32(24,2)3/h6,9-11,14,18,22H,5,7-8,12-13,15-17,19-20H2,1-4H3,(H,38,45)(H,39,40,41). The summed E-state index contributed by atoms with van der Waals surface area (Å²) >= 11 is 0. The Bertz CT molecular complexity index is 1580. The van der Waals surface area contributed by atoms with Gasteiger partial charge in [0.25, 0.3) is 5.91 Å². The monoisotopic (exact) mass is 622 g/mol. The number of benzene rings is 1. The molecule has 0 saturated carbocycles. The van der Waals surface area contributed by atoms with Crippen LogP contribution in [0.5, 0.6) is 0 Å². The van der Waals surface area contributed by atoms with E-state index in [1.807, 2.05) is 6.07 Å². The minimum Gasteiger partial charge on any atom is -0.374 e. The van der Waals surface area contributed by atoms with E-state index < -0.39 is 17.6 Å². The van der Waals surface area contributed by atoms with Crippen LogP contribution in [0.15, 0.2) is 36.5 Å². The number of amides is 1. The van der Waals surface area contributed by atoms with Gasteiger partial charge in [0.05, 0.1) is 17.8 Å². The number of alkyl halides is 3. The second kappa shape index (κ2) is 12.1. The molecule has 1 unspecified atom stereocenters. The van der Waals surface area contributed by atoms with E-state index in [2.05, 4.69) is 70.4 Å². The van der Waals surface area contributed by atoms with Gasteiger partial charge in [0.15, 0.2) is 0 Å². The van der Waals surface area contributed by atoms with Gasteiger partial charge >= 0.3 is 6.18 Å². The fraction of sp³-hybridized carbons (Fsp3) is 0.515. The van der Waals surface area contributed by atoms with Crippen molar-refractivity contribution < 1.29 is 18.0 Å². The van der Waals surface area contributed by atoms with Crippen LogP contribution in [0.2, 0.25) is 0 Å². The van der Waals surface area contributed by atoms with Crippen LogP contribution in [0.1, 0.15) is 73.0 Å². The number of fused-ring (bicyclic) bond motifs is 2. The van der Waals surface area contributed by atoms with Crippen molar-refractivity contribution >= 4 is 28.9 Å². The molecular formula is C33H41F3N8O. The molecule has 3 aliphatic rings. The van der Waals surface area contributed by atoms with Crippen LogP contribution in [0, 0.1) is 0 Å². The number of anilines is 4. The van der Waals surface area contributed by atoms with Gasteiger partial charge in [0.2, 0.25) is 5.82 Å². The van der Waals surface area contributed by atoms with E-state index in [1.54, 1.807) is 4.90 Å². The molecule has 5 heterocycles. The third kappa shape index (κ3) is 6.29. The van der Waals surface area contributed by atoms with Gasteiger partial charge < -0.3 is 20.4 Å². The maximum atomic E-state index is 13.9. The minimum absolute atomic E-state index is 0.00702. The van der Waals surface area contributed by atoms with E-state index in [9.17, 15) is 18.0 Å². The number of carbonyl (C=O) groups is 1. The van der Waals surface area contributed by atoms with Crippen molar-refractivity contribution in [1.29, 1.82) is 0 Å². The number of carbonyl (C=O) groups excluding carboxylic acids is 1. The molecule has 2 N–H and O–H groups in total. The number of aromatic nitrogens is 3. The van der Waals surface area contributed by atoms with Crippen LogP contribution < -0.4 is 20.4 Å². The molecule has 6 rings (SSSR count). The smallest absolute Gasteiger partial charge is 0.374 e. The molecule has 1 saturated heterocycles. The summed E-state index contributed by atoms with van der Waals surface area (Å²) in [4.78, 5) is 33.1. The average Bonchev–Trinajstić information content (AvgIpc) is 3.49. The predicted octanol–water partition coefficient (Wildman–Crippen LogP) is 5.53. The third-order valence-corrected chi connectivity index (χ3v) is 9.54. The molecule has 9 nitrogen and oxygen atoms in total. The molecule has 0 radical (unpaired) electrons. The molecule has 3 aliphatic heterocycles. The Kier molecular flexibility index (Phi) is 8.36. The number of hydrogen-bond acceptors (Lipinski definition) is 8. The lowest BCUT2D eigenvalue weighted by Gasteiger charge is -2.38. The van der Waals surface area contributed by atoms with Crippen LogP contribution in [0.3, 0.4) is 0 Å². The molecular weight excluding hydrogens is 581 g/mol. The Balaban J connectivity index is 1.34. The Hall–Kier alpha value is -3.93. The zero-order valence-electron chi connectivity index (χ0n) is 26.3. The number of pyridine rings is 1. The lowest BCUT2D eigenvalue weighted by molar-refractivity contribution is -0.137. The molecule has 3 aromatic rings. The summed E-state index contributed by atoms with van der Waals surface area (Å²) in [6, 6.07) is 8.84.